The number of aliphatic hydroxyl groups is 12. The largest absolute Gasteiger partial charge is 0.394 e. The number of hydrogen-bond donors (Lipinski definition) is 12. The summed E-state index contributed by atoms with van der Waals surface area (Å²) in [6.07, 6.45) is -22.7. The van der Waals surface area contributed by atoms with Crippen LogP contribution in [0.1, 0.15) is 92.4 Å². The second kappa shape index (κ2) is 21.2. The van der Waals surface area contributed by atoms with E-state index in [-0.39, 0.29) is 23.0 Å². The standard InChI is InChI=1S/C51H82O22/c1-20-8-13-51(64-19-20)21(2)32-28(73-51)15-27-25-7-6-23-14-24(9-11-49(23,4)26(25)10-12-50(27,32)5)66-46-40(62)37(59)43(31(18-54)68-46)71-48-44(36(58)34(56)29(16-52)67-48)72-47-41(63)38(60)42(30(17-53)69-47)70-45-39(61)35(57)33(55)22(3)65-45/h6,20-22,24-48,52-63H,7-19H2,1-5H3/t20-,21-,22+,24+,25+,26-,27-,28-,29+,30+,31+,32-,33+,34+,35-,36-,37+,38+,39+,40+,41+,42+,43+,44+,45-,46+,47-,48-,49+,50-,51+/m1/s1. The zero-order valence-corrected chi connectivity index (χ0v) is 42.4. The summed E-state index contributed by atoms with van der Waals surface area (Å²) in [5, 5.41) is 130. The van der Waals surface area contributed by atoms with Gasteiger partial charge in [-0.05, 0) is 98.7 Å². The molecule has 0 radical (unpaired) electrons. The van der Waals surface area contributed by atoms with Crippen molar-refractivity contribution in [3.8, 4) is 0 Å². The van der Waals surface area contributed by atoms with Gasteiger partial charge in [0.05, 0.1) is 44.7 Å². The summed E-state index contributed by atoms with van der Waals surface area (Å²) in [5.41, 5.74) is 1.47. The second-order valence-electron chi connectivity index (χ2n) is 23.9. The molecule has 6 heterocycles. The number of aliphatic hydroxyl groups excluding tert-OH is 12. The quantitative estimate of drug-likeness (QED) is 0.1000. The molecule has 22 nitrogen and oxygen atoms in total. The Labute approximate surface area is 425 Å². The lowest BCUT2D eigenvalue weighted by molar-refractivity contribution is -0.397. The van der Waals surface area contributed by atoms with E-state index in [1.807, 2.05) is 0 Å². The highest BCUT2D eigenvalue weighted by Gasteiger charge is 2.69. The van der Waals surface area contributed by atoms with Crippen LogP contribution in [0.3, 0.4) is 0 Å². The molecule has 1 spiro atoms. The fraction of sp³-hybridized carbons (Fsp3) is 0.961. The Bertz CT molecular complexity index is 1920. The number of rotatable bonds is 11. The molecule has 0 bridgehead atoms. The summed E-state index contributed by atoms with van der Waals surface area (Å²) >= 11 is 0. The van der Waals surface area contributed by atoms with E-state index < -0.39 is 148 Å². The number of ether oxygens (including phenoxy) is 10. The van der Waals surface area contributed by atoms with E-state index in [9.17, 15) is 61.3 Å². The molecule has 4 aliphatic carbocycles. The van der Waals surface area contributed by atoms with Crippen LogP contribution in [0.15, 0.2) is 11.6 Å². The molecule has 0 aromatic carbocycles. The van der Waals surface area contributed by atoms with Crippen LogP contribution in [0.5, 0.6) is 0 Å². The van der Waals surface area contributed by atoms with E-state index >= 15 is 0 Å². The summed E-state index contributed by atoms with van der Waals surface area (Å²) in [5.74, 6) is 2.51. The van der Waals surface area contributed by atoms with Gasteiger partial charge in [0.15, 0.2) is 30.9 Å². The molecule has 9 fully saturated rings. The Morgan fingerprint density at radius 2 is 1.15 bits per heavy atom. The maximum atomic E-state index is 11.7. The minimum absolute atomic E-state index is 0.0349. The molecule has 3 saturated carbocycles. The van der Waals surface area contributed by atoms with Crippen molar-refractivity contribution in [2.45, 2.75) is 233 Å². The summed E-state index contributed by atoms with van der Waals surface area (Å²) in [4.78, 5) is 0. The average Bonchev–Trinajstić information content (AvgIpc) is 3.82. The van der Waals surface area contributed by atoms with Gasteiger partial charge in [-0.2, -0.15) is 0 Å². The Kier molecular flexibility index (Phi) is 16.0. The Morgan fingerprint density at radius 3 is 1.78 bits per heavy atom. The molecule has 0 aromatic rings. The SMILES string of the molecule is C[C@@H]1CC[C@]2(OC1)O[C@@H]1C[C@@H]3[C@H]4CC=C5C[C@@H](O[C@H]6O[C@@H](CO)[C@H](O[C@H]7O[C@@H](CO)[C@H](O)[C@@H](O)[C@@H]7O[C@H]7O[C@@H](CO)[C@H](O[C@H]8O[C@@H](C)[C@H](O)[C@@H](O)[C@@H]8O)[C@@H](O)[C@@H]7O)[C@@H](O)[C@@H]6O)CC[C@]5(C)[C@@H]4CC[C@@]3(C)[C@@H]1[C@H]2C. The molecule has 10 aliphatic rings. The molecular weight excluding hydrogens is 965 g/mol. The molecule has 0 amide bonds. The molecule has 31 atom stereocenters. The molecule has 12 N–H and O–H groups in total. The molecule has 418 valence electrons. The predicted molar refractivity (Wildman–Crippen MR) is 247 cm³/mol. The monoisotopic (exact) mass is 1050 g/mol. The lowest BCUT2D eigenvalue weighted by Gasteiger charge is -2.58. The molecule has 73 heavy (non-hydrogen) atoms. The van der Waals surface area contributed by atoms with Crippen molar-refractivity contribution < 1.29 is 109 Å². The van der Waals surface area contributed by atoms with Crippen molar-refractivity contribution in [3.63, 3.8) is 0 Å². The zero-order valence-electron chi connectivity index (χ0n) is 42.4. The number of fused-ring (bicyclic) bond motifs is 7. The van der Waals surface area contributed by atoms with Gasteiger partial charge in [-0.25, -0.2) is 0 Å². The number of hydrogen-bond acceptors (Lipinski definition) is 22. The average molecular weight is 1050 g/mol. The lowest BCUT2D eigenvalue weighted by atomic mass is 9.47. The van der Waals surface area contributed by atoms with Crippen molar-refractivity contribution in [1.82, 2.24) is 0 Å². The smallest absolute Gasteiger partial charge is 0.187 e. The van der Waals surface area contributed by atoms with E-state index in [2.05, 4.69) is 33.8 Å². The third-order valence-electron chi connectivity index (χ3n) is 19.8. The topological polar surface area (TPSA) is 335 Å². The third-order valence-corrected chi connectivity index (χ3v) is 19.8. The van der Waals surface area contributed by atoms with Crippen LogP contribution in [-0.4, -0.2) is 229 Å². The summed E-state index contributed by atoms with van der Waals surface area (Å²) in [6.45, 7) is 9.26. The van der Waals surface area contributed by atoms with Gasteiger partial charge in [-0.1, -0.05) is 39.3 Å². The highest BCUT2D eigenvalue weighted by molar-refractivity contribution is 5.26. The van der Waals surface area contributed by atoms with Crippen molar-refractivity contribution in [2.24, 2.45) is 46.3 Å². The van der Waals surface area contributed by atoms with Crippen LogP contribution in [0.2, 0.25) is 0 Å². The van der Waals surface area contributed by atoms with Gasteiger partial charge in [-0.3, -0.25) is 0 Å². The fourth-order valence-electron chi connectivity index (χ4n) is 15.5. The number of allylic oxidation sites excluding steroid dienone is 1. The van der Waals surface area contributed by atoms with Crippen molar-refractivity contribution in [2.75, 3.05) is 26.4 Å². The van der Waals surface area contributed by atoms with Crippen LogP contribution in [0.4, 0.5) is 0 Å². The van der Waals surface area contributed by atoms with Gasteiger partial charge in [-0.15, -0.1) is 0 Å². The summed E-state index contributed by atoms with van der Waals surface area (Å²) < 4.78 is 60.8. The van der Waals surface area contributed by atoms with Crippen molar-refractivity contribution in [1.29, 1.82) is 0 Å². The first-order valence-electron chi connectivity index (χ1n) is 26.9. The molecule has 0 aromatic heterocycles. The van der Waals surface area contributed by atoms with Crippen LogP contribution in [0.25, 0.3) is 0 Å². The van der Waals surface area contributed by atoms with Crippen molar-refractivity contribution >= 4 is 0 Å². The molecule has 6 saturated heterocycles. The molecular formula is C51H82O22. The first kappa shape index (κ1) is 55.2. The highest BCUT2D eigenvalue weighted by Crippen LogP contribution is 2.71. The first-order valence-corrected chi connectivity index (χ1v) is 26.9. The highest BCUT2D eigenvalue weighted by atomic mass is 16.8. The van der Waals surface area contributed by atoms with E-state index in [1.165, 1.54) is 12.5 Å². The first-order chi connectivity index (χ1) is 34.7. The summed E-state index contributed by atoms with van der Waals surface area (Å²) in [7, 11) is 0. The van der Waals surface area contributed by atoms with Crippen LogP contribution in [0, 0.1) is 46.3 Å². The lowest BCUT2D eigenvalue weighted by Crippen LogP contribution is -2.67. The third kappa shape index (κ3) is 9.42. The molecule has 22 heteroatoms. The minimum atomic E-state index is -2.03. The van der Waals surface area contributed by atoms with E-state index in [0.717, 1.165) is 51.6 Å². The van der Waals surface area contributed by atoms with Crippen LogP contribution >= 0.6 is 0 Å². The second-order valence-corrected chi connectivity index (χ2v) is 23.9. The predicted octanol–water partition coefficient (Wildman–Crippen LogP) is -1.96. The zero-order chi connectivity index (χ0) is 52.2. The molecule has 6 aliphatic heterocycles. The van der Waals surface area contributed by atoms with E-state index in [0.29, 0.717) is 48.3 Å². The van der Waals surface area contributed by atoms with Gasteiger partial charge in [0, 0.05) is 12.3 Å². The summed E-state index contributed by atoms with van der Waals surface area (Å²) in [6, 6.07) is 0. The van der Waals surface area contributed by atoms with Crippen molar-refractivity contribution in [3.05, 3.63) is 11.6 Å². The van der Waals surface area contributed by atoms with Gasteiger partial charge < -0.3 is 109 Å². The molecule has 0 unspecified atom stereocenters. The van der Waals surface area contributed by atoms with Gasteiger partial charge in [0.2, 0.25) is 0 Å². The Balaban J connectivity index is 0.780. The van der Waals surface area contributed by atoms with Crippen LogP contribution in [-0.2, 0) is 47.4 Å². The van der Waals surface area contributed by atoms with Gasteiger partial charge in [0.1, 0.15) is 91.6 Å². The maximum Gasteiger partial charge on any atom is 0.187 e. The van der Waals surface area contributed by atoms with Gasteiger partial charge in [0.25, 0.3) is 0 Å². The molecule has 10 rings (SSSR count). The Hall–Kier alpha value is -1.14. The van der Waals surface area contributed by atoms with Gasteiger partial charge >= 0.3 is 0 Å². The van der Waals surface area contributed by atoms with Crippen LogP contribution < -0.4 is 0 Å². The minimum Gasteiger partial charge on any atom is -0.394 e. The van der Waals surface area contributed by atoms with E-state index in [1.54, 1.807) is 0 Å². The van der Waals surface area contributed by atoms with E-state index in [4.69, 9.17) is 47.4 Å². The fourth-order valence-corrected chi connectivity index (χ4v) is 15.5. The maximum absolute atomic E-state index is 11.7. The Morgan fingerprint density at radius 1 is 0.575 bits per heavy atom. The normalized spacial score (nSPS) is 57.1.